The van der Waals surface area contributed by atoms with Crippen molar-refractivity contribution in [3.8, 4) is 5.75 Å². The number of imide groups is 2. The van der Waals surface area contributed by atoms with Gasteiger partial charge >= 0.3 is 6.03 Å². The standard InChI is InChI=1S/C26H19ClFN3O5/c1-15-3-2-4-18(11-15)29-23(32)14-36-22-10-5-16(13-21(22)27)12-20-24(33)30-26(35)31(25(20)34)19-8-6-17(28)7-9-19/h2-13H,14H2,1H3,(H,29,32)(H,30,33,35)/b20-12+. The molecule has 36 heavy (non-hydrogen) atoms. The molecule has 0 unspecified atom stereocenters. The van der Waals surface area contributed by atoms with E-state index in [0.717, 1.165) is 22.6 Å². The molecule has 0 saturated carbocycles. The average molecular weight is 508 g/mol. The van der Waals surface area contributed by atoms with Crippen molar-refractivity contribution in [1.82, 2.24) is 5.32 Å². The van der Waals surface area contributed by atoms with Crippen molar-refractivity contribution >= 4 is 52.8 Å². The second-order valence-electron chi connectivity index (χ2n) is 7.83. The van der Waals surface area contributed by atoms with E-state index < -0.39 is 23.7 Å². The van der Waals surface area contributed by atoms with Crippen LogP contribution in [0, 0.1) is 12.7 Å². The summed E-state index contributed by atoms with van der Waals surface area (Å²) in [4.78, 5) is 50.4. The van der Waals surface area contributed by atoms with Crippen LogP contribution in [0.2, 0.25) is 5.02 Å². The molecule has 10 heteroatoms. The van der Waals surface area contributed by atoms with E-state index in [2.05, 4.69) is 10.6 Å². The van der Waals surface area contributed by atoms with Gasteiger partial charge in [0.15, 0.2) is 6.61 Å². The predicted octanol–water partition coefficient (Wildman–Crippen LogP) is 4.47. The minimum absolute atomic E-state index is 0.100. The van der Waals surface area contributed by atoms with Gasteiger partial charge in [-0.25, -0.2) is 14.1 Å². The smallest absolute Gasteiger partial charge is 0.335 e. The number of carbonyl (C=O) groups is 4. The maximum Gasteiger partial charge on any atom is 0.335 e. The molecule has 4 rings (SSSR count). The number of nitrogens with zero attached hydrogens (tertiary/aromatic N) is 1. The lowest BCUT2D eigenvalue weighted by Gasteiger charge is -2.26. The monoisotopic (exact) mass is 507 g/mol. The Balaban J connectivity index is 1.47. The Morgan fingerprint density at radius 2 is 1.83 bits per heavy atom. The van der Waals surface area contributed by atoms with Gasteiger partial charge in [0.25, 0.3) is 17.7 Å². The summed E-state index contributed by atoms with van der Waals surface area (Å²) in [6.07, 6.45) is 1.26. The average Bonchev–Trinajstić information content (AvgIpc) is 2.82. The highest BCUT2D eigenvalue weighted by molar-refractivity contribution is 6.39. The lowest BCUT2D eigenvalue weighted by molar-refractivity contribution is -0.122. The Hall–Kier alpha value is -4.50. The summed E-state index contributed by atoms with van der Waals surface area (Å²) in [5.41, 5.74) is 1.80. The lowest BCUT2D eigenvalue weighted by atomic mass is 10.1. The molecule has 3 aromatic carbocycles. The Bertz CT molecular complexity index is 1400. The van der Waals surface area contributed by atoms with Crippen molar-refractivity contribution in [2.75, 3.05) is 16.8 Å². The van der Waals surface area contributed by atoms with E-state index >= 15 is 0 Å². The summed E-state index contributed by atoms with van der Waals surface area (Å²) in [5.74, 6) is -2.45. The number of nitrogens with one attached hydrogen (secondary N) is 2. The highest BCUT2D eigenvalue weighted by Crippen LogP contribution is 2.28. The highest BCUT2D eigenvalue weighted by Gasteiger charge is 2.36. The predicted molar refractivity (Wildman–Crippen MR) is 132 cm³/mol. The summed E-state index contributed by atoms with van der Waals surface area (Å²) in [6.45, 7) is 1.62. The van der Waals surface area contributed by atoms with Gasteiger partial charge in [0.1, 0.15) is 17.1 Å². The first-order valence-corrected chi connectivity index (χ1v) is 11.0. The van der Waals surface area contributed by atoms with Crippen molar-refractivity contribution in [1.29, 1.82) is 0 Å². The summed E-state index contributed by atoms with van der Waals surface area (Å²) in [6, 6.07) is 15.5. The number of urea groups is 1. The summed E-state index contributed by atoms with van der Waals surface area (Å²) in [7, 11) is 0. The number of anilines is 2. The molecule has 1 aliphatic rings. The molecule has 3 aromatic rings. The molecule has 0 radical (unpaired) electrons. The van der Waals surface area contributed by atoms with Crippen LogP contribution in [0.15, 0.2) is 72.3 Å². The van der Waals surface area contributed by atoms with Crippen molar-refractivity contribution < 1.29 is 28.3 Å². The molecular formula is C26H19ClFN3O5. The zero-order valence-corrected chi connectivity index (χ0v) is 19.6. The second-order valence-corrected chi connectivity index (χ2v) is 8.24. The van der Waals surface area contributed by atoms with E-state index in [9.17, 15) is 23.6 Å². The number of hydrogen-bond donors (Lipinski definition) is 2. The number of amides is 5. The normalized spacial score (nSPS) is 14.6. The third-order valence-corrected chi connectivity index (χ3v) is 5.41. The van der Waals surface area contributed by atoms with E-state index in [-0.39, 0.29) is 34.5 Å². The first kappa shape index (κ1) is 24.6. The summed E-state index contributed by atoms with van der Waals surface area (Å²) >= 11 is 6.28. The Morgan fingerprint density at radius 1 is 1.08 bits per heavy atom. The van der Waals surface area contributed by atoms with Crippen molar-refractivity contribution in [3.63, 3.8) is 0 Å². The molecule has 8 nitrogen and oxygen atoms in total. The Labute approximate surface area is 210 Å². The molecule has 1 saturated heterocycles. The number of hydrogen-bond acceptors (Lipinski definition) is 5. The van der Waals surface area contributed by atoms with Crippen LogP contribution in [0.1, 0.15) is 11.1 Å². The van der Waals surface area contributed by atoms with Crippen LogP contribution in [0.3, 0.4) is 0 Å². The van der Waals surface area contributed by atoms with Gasteiger partial charge in [-0.1, -0.05) is 29.8 Å². The Morgan fingerprint density at radius 3 is 2.53 bits per heavy atom. The van der Waals surface area contributed by atoms with Gasteiger partial charge in [-0.15, -0.1) is 0 Å². The second kappa shape index (κ2) is 10.4. The number of barbiturate groups is 1. The molecule has 0 spiro atoms. The van der Waals surface area contributed by atoms with E-state index in [1.807, 2.05) is 25.1 Å². The van der Waals surface area contributed by atoms with Gasteiger partial charge < -0.3 is 10.1 Å². The molecule has 182 valence electrons. The highest BCUT2D eigenvalue weighted by atomic mass is 35.5. The molecule has 1 fully saturated rings. The first-order chi connectivity index (χ1) is 17.2. The van der Waals surface area contributed by atoms with Gasteiger partial charge in [0.05, 0.1) is 10.7 Å². The zero-order chi connectivity index (χ0) is 25.8. The fourth-order valence-electron chi connectivity index (χ4n) is 3.44. The fourth-order valence-corrected chi connectivity index (χ4v) is 3.68. The van der Waals surface area contributed by atoms with Crippen LogP contribution in [0.25, 0.3) is 6.08 Å². The summed E-state index contributed by atoms with van der Waals surface area (Å²) in [5, 5.41) is 4.95. The number of aryl methyl sites for hydroxylation is 1. The van der Waals surface area contributed by atoms with Crippen molar-refractivity contribution in [2.45, 2.75) is 6.92 Å². The van der Waals surface area contributed by atoms with Gasteiger partial charge in [-0.3, -0.25) is 19.7 Å². The van der Waals surface area contributed by atoms with E-state index in [1.54, 1.807) is 6.07 Å². The number of rotatable bonds is 6. The van der Waals surface area contributed by atoms with Crippen LogP contribution < -0.4 is 20.3 Å². The minimum Gasteiger partial charge on any atom is -0.482 e. The molecule has 0 aliphatic carbocycles. The van der Waals surface area contributed by atoms with E-state index in [4.69, 9.17) is 16.3 Å². The number of ether oxygens (including phenoxy) is 1. The van der Waals surface area contributed by atoms with Crippen LogP contribution in [-0.4, -0.2) is 30.4 Å². The van der Waals surface area contributed by atoms with Crippen LogP contribution in [-0.2, 0) is 14.4 Å². The van der Waals surface area contributed by atoms with Gasteiger partial charge in [-0.05, 0) is 72.7 Å². The fraction of sp³-hybridized carbons (Fsp3) is 0.0769. The number of halogens is 2. The first-order valence-electron chi connectivity index (χ1n) is 10.7. The minimum atomic E-state index is -0.945. The third-order valence-electron chi connectivity index (χ3n) is 5.11. The van der Waals surface area contributed by atoms with E-state index in [0.29, 0.717) is 11.3 Å². The SMILES string of the molecule is Cc1cccc(NC(=O)COc2ccc(/C=C3\C(=O)NC(=O)N(c4ccc(F)cc4)C3=O)cc2Cl)c1. The zero-order valence-electron chi connectivity index (χ0n) is 18.9. The Kier molecular flexibility index (Phi) is 7.12. The quantitative estimate of drug-likeness (QED) is 0.378. The van der Waals surface area contributed by atoms with Crippen LogP contribution in [0.5, 0.6) is 5.75 Å². The molecular weight excluding hydrogens is 489 g/mol. The van der Waals surface area contributed by atoms with Crippen molar-refractivity contribution in [3.05, 3.63) is 94.3 Å². The maximum atomic E-state index is 13.2. The van der Waals surface area contributed by atoms with Crippen LogP contribution in [0.4, 0.5) is 20.6 Å². The van der Waals surface area contributed by atoms with Gasteiger partial charge in [-0.2, -0.15) is 0 Å². The molecule has 0 bridgehead atoms. The van der Waals surface area contributed by atoms with Crippen LogP contribution >= 0.6 is 11.6 Å². The molecule has 1 aliphatic heterocycles. The third kappa shape index (κ3) is 5.59. The number of carbonyl (C=O) groups excluding carboxylic acids is 4. The maximum absolute atomic E-state index is 13.2. The van der Waals surface area contributed by atoms with Gasteiger partial charge in [0.2, 0.25) is 0 Å². The topological polar surface area (TPSA) is 105 Å². The molecule has 2 N–H and O–H groups in total. The number of benzene rings is 3. The molecule has 1 heterocycles. The summed E-state index contributed by atoms with van der Waals surface area (Å²) < 4.78 is 18.7. The molecule has 0 atom stereocenters. The largest absolute Gasteiger partial charge is 0.482 e. The van der Waals surface area contributed by atoms with Gasteiger partial charge in [0, 0.05) is 5.69 Å². The lowest BCUT2D eigenvalue weighted by Crippen LogP contribution is -2.54. The molecule has 0 aromatic heterocycles. The molecule has 5 amide bonds. The van der Waals surface area contributed by atoms with Crippen molar-refractivity contribution in [2.24, 2.45) is 0 Å². The van der Waals surface area contributed by atoms with E-state index in [1.165, 1.54) is 36.4 Å².